The molecule has 0 amide bonds. The predicted molar refractivity (Wildman–Crippen MR) is 101 cm³/mol. The van der Waals surface area contributed by atoms with Crippen LogP contribution in [0.4, 0.5) is 0 Å². The maximum atomic E-state index is 11.3. The van der Waals surface area contributed by atoms with Gasteiger partial charge >= 0.3 is 0 Å². The second-order valence-electron chi connectivity index (χ2n) is 5.39. The predicted octanol–water partition coefficient (Wildman–Crippen LogP) is 1.80. The molecule has 0 aromatic heterocycles. The molecule has 2 rings (SSSR count). The highest BCUT2D eigenvalue weighted by atomic mass is 16.5. The molecule has 0 unspecified atom stereocenters. The van der Waals surface area contributed by atoms with Crippen LogP contribution in [0.1, 0.15) is 23.3 Å². The first-order valence-electron chi connectivity index (χ1n) is 8.20. The number of methoxy groups -OCH3 is 2. The summed E-state index contributed by atoms with van der Waals surface area (Å²) in [6.07, 6.45) is -1.04. The number of carbonyl (C=O) groups is 2. The number of hydrogen-bond acceptors (Lipinski definition) is 6. The van der Waals surface area contributed by atoms with Crippen molar-refractivity contribution in [2.75, 3.05) is 27.3 Å². The molecule has 140 valence electrons. The summed E-state index contributed by atoms with van der Waals surface area (Å²) in [4.78, 5) is 22.6. The van der Waals surface area contributed by atoms with Gasteiger partial charge in [0.05, 0.1) is 13.1 Å². The van der Waals surface area contributed by atoms with Gasteiger partial charge in [0.1, 0.15) is 12.2 Å². The number of ketones is 2. The molecule has 2 aromatic carbocycles. The largest absolute Gasteiger partial charge is 0.369 e. The lowest BCUT2D eigenvalue weighted by atomic mass is 10.1. The fourth-order valence-corrected chi connectivity index (χ4v) is 2.38. The summed E-state index contributed by atoms with van der Waals surface area (Å²) in [6, 6.07) is 18.6. The van der Waals surface area contributed by atoms with Crippen molar-refractivity contribution < 1.29 is 19.1 Å². The van der Waals surface area contributed by atoms with E-state index in [-0.39, 0.29) is 24.7 Å². The summed E-state index contributed by atoms with van der Waals surface area (Å²) in [6.45, 7) is 0.0147. The molecule has 0 fully saturated rings. The standard InChI is InChI=1S/2C10H13NO2/c2*1-13-10(9(12)7-11)8-5-3-2-4-6-8/h2*2-6,10H,7,11H2,1H3/t2*10-/m10/s1. The van der Waals surface area contributed by atoms with Gasteiger partial charge in [0, 0.05) is 14.2 Å². The summed E-state index contributed by atoms with van der Waals surface area (Å²) in [7, 11) is 3.01. The molecule has 6 nitrogen and oxygen atoms in total. The molecule has 2 atom stereocenters. The van der Waals surface area contributed by atoms with Crippen LogP contribution < -0.4 is 11.5 Å². The van der Waals surface area contributed by atoms with Gasteiger partial charge < -0.3 is 20.9 Å². The lowest BCUT2D eigenvalue weighted by Gasteiger charge is -2.12. The molecule has 0 bridgehead atoms. The average molecular weight is 358 g/mol. The van der Waals surface area contributed by atoms with Crippen molar-refractivity contribution in [3.63, 3.8) is 0 Å². The number of benzene rings is 2. The highest BCUT2D eigenvalue weighted by molar-refractivity contribution is 5.86. The van der Waals surface area contributed by atoms with Crippen LogP contribution in [-0.2, 0) is 19.1 Å². The first-order chi connectivity index (χ1) is 12.6. The molecular weight excluding hydrogens is 332 g/mol. The molecule has 0 spiro atoms. The molecule has 0 heterocycles. The maximum Gasteiger partial charge on any atom is 0.179 e. The van der Waals surface area contributed by atoms with Gasteiger partial charge in [-0.25, -0.2) is 0 Å². The Morgan fingerprint density at radius 2 is 1.04 bits per heavy atom. The second-order valence-corrected chi connectivity index (χ2v) is 5.39. The normalized spacial score (nSPS) is 12.5. The van der Waals surface area contributed by atoms with Gasteiger partial charge in [0.25, 0.3) is 0 Å². The third-order valence-corrected chi connectivity index (χ3v) is 3.66. The Balaban J connectivity index is 0.000000260. The molecule has 6 heteroatoms. The van der Waals surface area contributed by atoms with Crippen molar-refractivity contribution in [2.24, 2.45) is 11.5 Å². The van der Waals surface area contributed by atoms with Crippen LogP contribution in [0.5, 0.6) is 0 Å². The van der Waals surface area contributed by atoms with Crippen molar-refractivity contribution in [2.45, 2.75) is 12.2 Å². The first kappa shape index (κ1) is 21.7. The smallest absolute Gasteiger partial charge is 0.179 e. The number of rotatable bonds is 8. The maximum absolute atomic E-state index is 11.3. The Kier molecular flexibility index (Phi) is 10.0. The van der Waals surface area contributed by atoms with E-state index in [4.69, 9.17) is 20.9 Å². The van der Waals surface area contributed by atoms with E-state index in [1.165, 1.54) is 14.2 Å². The lowest BCUT2D eigenvalue weighted by molar-refractivity contribution is -0.128. The summed E-state index contributed by atoms with van der Waals surface area (Å²) >= 11 is 0. The van der Waals surface area contributed by atoms with E-state index in [9.17, 15) is 9.59 Å². The van der Waals surface area contributed by atoms with Crippen LogP contribution in [0.15, 0.2) is 60.7 Å². The zero-order valence-corrected chi connectivity index (χ0v) is 15.1. The molecular formula is C20H26N2O4. The molecule has 0 aliphatic carbocycles. The third kappa shape index (κ3) is 6.50. The van der Waals surface area contributed by atoms with Crippen LogP contribution in [0.2, 0.25) is 0 Å². The molecule has 0 aliphatic heterocycles. The molecule has 0 saturated carbocycles. The molecule has 0 saturated heterocycles. The van der Waals surface area contributed by atoms with Crippen molar-refractivity contribution in [3.05, 3.63) is 71.8 Å². The van der Waals surface area contributed by atoms with E-state index < -0.39 is 12.2 Å². The van der Waals surface area contributed by atoms with Crippen molar-refractivity contribution in [3.8, 4) is 0 Å². The third-order valence-electron chi connectivity index (χ3n) is 3.66. The number of nitrogens with two attached hydrogens (primary N) is 2. The fourth-order valence-electron chi connectivity index (χ4n) is 2.38. The summed E-state index contributed by atoms with van der Waals surface area (Å²) in [5, 5.41) is 0. The zero-order chi connectivity index (χ0) is 19.4. The van der Waals surface area contributed by atoms with E-state index in [1.807, 2.05) is 60.7 Å². The minimum Gasteiger partial charge on any atom is -0.369 e. The van der Waals surface area contributed by atoms with Gasteiger partial charge in [0.15, 0.2) is 11.6 Å². The highest BCUT2D eigenvalue weighted by Crippen LogP contribution is 2.17. The first-order valence-corrected chi connectivity index (χ1v) is 8.20. The van der Waals surface area contributed by atoms with Crippen LogP contribution in [-0.4, -0.2) is 38.9 Å². The monoisotopic (exact) mass is 358 g/mol. The SMILES string of the molecule is CO[C@@H](C(=O)CN)c1ccccc1.CO[C@H](C(=O)CN)c1ccccc1. The zero-order valence-electron chi connectivity index (χ0n) is 15.1. The Morgan fingerprint density at radius 3 is 1.27 bits per heavy atom. The molecule has 2 aromatic rings. The van der Waals surface area contributed by atoms with E-state index in [0.717, 1.165) is 11.1 Å². The van der Waals surface area contributed by atoms with E-state index in [1.54, 1.807) is 0 Å². The van der Waals surface area contributed by atoms with Gasteiger partial charge in [-0.3, -0.25) is 9.59 Å². The van der Waals surface area contributed by atoms with Crippen molar-refractivity contribution in [1.29, 1.82) is 0 Å². The van der Waals surface area contributed by atoms with Crippen LogP contribution >= 0.6 is 0 Å². The second kappa shape index (κ2) is 12.1. The molecule has 4 N–H and O–H groups in total. The Bertz CT molecular complexity index is 603. The minimum absolute atomic E-state index is 0.00734. The van der Waals surface area contributed by atoms with E-state index in [2.05, 4.69) is 0 Å². The van der Waals surface area contributed by atoms with E-state index in [0.29, 0.717) is 0 Å². The number of carbonyl (C=O) groups excluding carboxylic acids is 2. The van der Waals surface area contributed by atoms with Crippen LogP contribution in [0.25, 0.3) is 0 Å². The Labute approximate surface area is 154 Å². The Hall–Kier alpha value is -2.38. The van der Waals surface area contributed by atoms with Crippen molar-refractivity contribution >= 4 is 11.6 Å². The Morgan fingerprint density at radius 1 is 0.731 bits per heavy atom. The van der Waals surface area contributed by atoms with Crippen LogP contribution in [0, 0.1) is 0 Å². The lowest BCUT2D eigenvalue weighted by Crippen LogP contribution is -2.22. The quantitative estimate of drug-likeness (QED) is 0.746. The van der Waals surface area contributed by atoms with E-state index >= 15 is 0 Å². The van der Waals surface area contributed by atoms with Gasteiger partial charge in [-0.15, -0.1) is 0 Å². The van der Waals surface area contributed by atoms with Gasteiger partial charge in [0.2, 0.25) is 0 Å². The minimum atomic E-state index is -0.522. The average Bonchev–Trinajstić information content (AvgIpc) is 2.71. The fraction of sp³-hybridized carbons (Fsp3) is 0.300. The summed E-state index contributed by atoms with van der Waals surface area (Å²) < 4.78 is 10.1. The number of ether oxygens (including phenoxy) is 2. The topological polar surface area (TPSA) is 105 Å². The van der Waals surface area contributed by atoms with Gasteiger partial charge in [-0.1, -0.05) is 60.7 Å². The number of hydrogen-bond donors (Lipinski definition) is 2. The number of Topliss-reactive ketones (excluding diaryl/α,β-unsaturated/α-hetero) is 2. The summed E-state index contributed by atoms with van der Waals surface area (Å²) in [5.41, 5.74) is 12.2. The molecule has 0 radical (unpaired) electrons. The van der Waals surface area contributed by atoms with Crippen molar-refractivity contribution in [1.82, 2.24) is 0 Å². The molecule has 26 heavy (non-hydrogen) atoms. The van der Waals surface area contributed by atoms with Gasteiger partial charge in [-0.2, -0.15) is 0 Å². The van der Waals surface area contributed by atoms with Gasteiger partial charge in [-0.05, 0) is 11.1 Å². The molecule has 0 aliphatic rings. The summed E-state index contributed by atoms with van der Waals surface area (Å²) in [5.74, 6) is -0.206. The van der Waals surface area contributed by atoms with Crippen LogP contribution in [0.3, 0.4) is 0 Å². The highest BCUT2D eigenvalue weighted by Gasteiger charge is 2.18.